The van der Waals surface area contributed by atoms with Crippen LogP contribution in [-0.2, 0) is 11.2 Å². The second-order valence-electron chi connectivity index (χ2n) is 6.97. The van der Waals surface area contributed by atoms with Crippen LogP contribution in [-0.4, -0.2) is 16.6 Å². The van der Waals surface area contributed by atoms with Gasteiger partial charge in [-0.1, -0.05) is 32.1 Å². The average Bonchev–Trinajstić information content (AvgIpc) is 2.40. The molecule has 1 aromatic heterocycles. The molecule has 0 aromatic carbocycles. The first-order valence-corrected chi connectivity index (χ1v) is 7.83. The van der Waals surface area contributed by atoms with Crippen molar-refractivity contribution in [1.82, 2.24) is 4.98 Å². The van der Waals surface area contributed by atoms with Gasteiger partial charge in [0.25, 0.3) is 0 Å². The third kappa shape index (κ3) is 4.73. The number of nitrogen functional groups attached to an aromatic ring is 1. The number of pyridine rings is 1. The molecular weight excluding hydrogens is 264 g/mol. The molecule has 2 N–H and O–H groups in total. The van der Waals surface area contributed by atoms with Crippen molar-refractivity contribution < 1.29 is 9.53 Å². The number of esters is 1. The molecule has 0 atom stereocenters. The van der Waals surface area contributed by atoms with Gasteiger partial charge in [0.2, 0.25) is 0 Å². The first-order chi connectivity index (χ1) is 9.85. The summed E-state index contributed by atoms with van der Waals surface area (Å²) in [5.74, 6) is 0.312. The van der Waals surface area contributed by atoms with Crippen LogP contribution in [0.1, 0.15) is 68.9 Å². The fraction of sp³-hybridized carbons (Fsp3) is 0.647. The van der Waals surface area contributed by atoms with Crippen LogP contribution in [0.15, 0.2) is 12.3 Å². The van der Waals surface area contributed by atoms with Crippen molar-refractivity contribution in [3.63, 3.8) is 0 Å². The predicted octanol–water partition coefficient (Wildman–Crippen LogP) is 3.74. The molecule has 1 aromatic rings. The summed E-state index contributed by atoms with van der Waals surface area (Å²) in [7, 11) is 0. The lowest BCUT2D eigenvalue weighted by atomic mass is 9.86. The predicted molar refractivity (Wildman–Crippen MR) is 84.1 cm³/mol. The molecule has 4 nitrogen and oxygen atoms in total. The summed E-state index contributed by atoms with van der Waals surface area (Å²) in [4.78, 5) is 16.4. The van der Waals surface area contributed by atoms with E-state index in [1.54, 1.807) is 12.3 Å². The highest BCUT2D eigenvalue weighted by molar-refractivity contribution is 5.90. The van der Waals surface area contributed by atoms with Crippen molar-refractivity contribution in [3.05, 3.63) is 23.5 Å². The van der Waals surface area contributed by atoms with Gasteiger partial charge < -0.3 is 10.5 Å². The van der Waals surface area contributed by atoms with Crippen molar-refractivity contribution in [2.45, 2.75) is 64.9 Å². The van der Waals surface area contributed by atoms with Gasteiger partial charge >= 0.3 is 5.97 Å². The number of aromatic nitrogens is 1. The van der Waals surface area contributed by atoms with Crippen molar-refractivity contribution in [1.29, 1.82) is 0 Å². The highest BCUT2D eigenvalue weighted by Gasteiger charge is 2.20. The molecule has 4 heteroatoms. The molecule has 116 valence electrons. The zero-order valence-electron chi connectivity index (χ0n) is 13.3. The monoisotopic (exact) mass is 290 g/mol. The molecular formula is C17H26N2O2. The molecule has 1 aliphatic carbocycles. The summed E-state index contributed by atoms with van der Waals surface area (Å²) in [6, 6.07) is 1.69. The Kier molecular flexibility index (Phi) is 4.86. The van der Waals surface area contributed by atoms with Crippen molar-refractivity contribution in [2.24, 2.45) is 5.92 Å². The second-order valence-corrected chi connectivity index (χ2v) is 6.97. The van der Waals surface area contributed by atoms with Gasteiger partial charge in [-0.3, -0.25) is 4.98 Å². The van der Waals surface area contributed by atoms with E-state index in [0.717, 1.165) is 12.1 Å². The maximum atomic E-state index is 12.0. The van der Waals surface area contributed by atoms with Crippen LogP contribution < -0.4 is 5.73 Å². The smallest absolute Gasteiger partial charge is 0.340 e. The molecule has 0 aliphatic heterocycles. The van der Waals surface area contributed by atoms with Crippen molar-refractivity contribution >= 4 is 11.7 Å². The Morgan fingerprint density at radius 3 is 2.57 bits per heavy atom. The van der Waals surface area contributed by atoms with Crippen molar-refractivity contribution in [3.8, 4) is 0 Å². The van der Waals surface area contributed by atoms with Crippen LogP contribution in [0.25, 0.3) is 0 Å². The maximum absolute atomic E-state index is 12.0. The van der Waals surface area contributed by atoms with Crippen LogP contribution in [0.2, 0.25) is 0 Å². The molecule has 0 amide bonds. The van der Waals surface area contributed by atoms with Crippen LogP contribution in [0, 0.1) is 5.92 Å². The third-order valence-electron chi connectivity index (χ3n) is 3.85. The van der Waals surface area contributed by atoms with E-state index in [1.165, 1.54) is 32.1 Å². The number of hydrogen-bond acceptors (Lipinski definition) is 4. The minimum Gasteiger partial charge on any atom is -0.456 e. The Hall–Kier alpha value is -1.58. The number of nitrogens with two attached hydrogens (primary N) is 1. The molecule has 0 radical (unpaired) electrons. The molecule has 0 saturated heterocycles. The number of anilines is 1. The SMILES string of the molecule is CC(C)(C)OC(=O)c1cnc(CC2CCCCC2)c(N)c1. The minimum absolute atomic E-state index is 0.370. The summed E-state index contributed by atoms with van der Waals surface area (Å²) >= 11 is 0. The van der Waals surface area contributed by atoms with Crippen LogP contribution in [0.3, 0.4) is 0 Å². The number of carbonyl (C=O) groups is 1. The van der Waals surface area contributed by atoms with E-state index in [1.807, 2.05) is 20.8 Å². The van der Waals surface area contributed by atoms with E-state index < -0.39 is 5.60 Å². The molecule has 0 spiro atoms. The third-order valence-corrected chi connectivity index (χ3v) is 3.85. The van der Waals surface area contributed by atoms with Gasteiger partial charge in [-0.2, -0.15) is 0 Å². The fourth-order valence-electron chi connectivity index (χ4n) is 2.79. The highest BCUT2D eigenvalue weighted by Crippen LogP contribution is 2.28. The van der Waals surface area contributed by atoms with E-state index in [4.69, 9.17) is 10.5 Å². The van der Waals surface area contributed by atoms with E-state index in [9.17, 15) is 4.79 Å². The number of ether oxygens (including phenoxy) is 1. The van der Waals surface area contributed by atoms with Gasteiger partial charge in [-0.15, -0.1) is 0 Å². The first kappa shape index (κ1) is 15.8. The molecule has 0 unspecified atom stereocenters. The van der Waals surface area contributed by atoms with Gasteiger partial charge in [-0.05, 0) is 39.2 Å². The molecule has 1 fully saturated rings. The molecule has 1 heterocycles. The molecule has 21 heavy (non-hydrogen) atoms. The summed E-state index contributed by atoms with van der Waals surface area (Å²) in [5, 5.41) is 0. The standard InChI is InChI=1S/C17H26N2O2/c1-17(2,3)21-16(20)13-10-14(18)15(19-11-13)9-12-7-5-4-6-8-12/h10-12H,4-9,18H2,1-3H3. The number of carbonyl (C=O) groups excluding carboxylic acids is 1. The summed E-state index contributed by atoms with van der Waals surface area (Å²) < 4.78 is 5.33. The summed E-state index contributed by atoms with van der Waals surface area (Å²) in [5.41, 5.74) is 7.50. The molecule has 1 saturated carbocycles. The normalized spacial score (nSPS) is 16.7. The second kappa shape index (κ2) is 6.46. The van der Waals surface area contributed by atoms with Crippen LogP contribution in [0.4, 0.5) is 5.69 Å². The van der Waals surface area contributed by atoms with Crippen molar-refractivity contribution in [2.75, 3.05) is 5.73 Å². The topological polar surface area (TPSA) is 65.2 Å². The van der Waals surface area contributed by atoms with E-state index in [-0.39, 0.29) is 5.97 Å². The Labute approximate surface area is 127 Å². The molecule has 2 rings (SSSR count). The lowest BCUT2D eigenvalue weighted by molar-refractivity contribution is 0.00691. The Bertz CT molecular complexity index is 500. The average molecular weight is 290 g/mol. The largest absolute Gasteiger partial charge is 0.456 e. The Morgan fingerprint density at radius 2 is 2.00 bits per heavy atom. The summed E-state index contributed by atoms with van der Waals surface area (Å²) in [6.07, 6.45) is 8.98. The van der Waals surface area contributed by atoms with Gasteiger partial charge in [0.15, 0.2) is 0 Å². The maximum Gasteiger partial charge on any atom is 0.340 e. The van der Waals surface area contributed by atoms with Gasteiger partial charge in [-0.25, -0.2) is 4.79 Å². The Balaban J connectivity index is 2.04. The first-order valence-electron chi connectivity index (χ1n) is 7.83. The minimum atomic E-state index is -0.507. The summed E-state index contributed by atoms with van der Waals surface area (Å²) in [6.45, 7) is 5.54. The van der Waals surface area contributed by atoms with Gasteiger partial charge in [0.1, 0.15) is 5.60 Å². The molecule has 1 aliphatic rings. The Morgan fingerprint density at radius 1 is 1.33 bits per heavy atom. The zero-order chi connectivity index (χ0) is 15.5. The number of rotatable bonds is 3. The lowest BCUT2D eigenvalue weighted by Gasteiger charge is -2.22. The van der Waals surface area contributed by atoms with E-state index in [0.29, 0.717) is 17.2 Å². The quantitative estimate of drug-likeness (QED) is 0.861. The van der Waals surface area contributed by atoms with Gasteiger partial charge in [0, 0.05) is 6.20 Å². The highest BCUT2D eigenvalue weighted by atomic mass is 16.6. The molecule has 0 bridgehead atoms. The van der Waals surface area contributed by atoms with Crippen LogP contribution >= 0.6 is 0 Å². The zero-order valence-corrected chi connectivity index (χ0v) is 13.3. The van der Waals surface area contributed by atoms with Gasteiger partial charge in [0.05, 0.1) is 16.9 Å². The van der Waals surface area contributed by atoms with E-state index >= 15 is 0 Å². The van der Waals surface area contributed by atoms with Crippen LogP contribution in [0.5, 0.6) is 0 Å². The fourth-order valence-corrected chi connectivity index (χ4v) is 2.79. The lowest BCUT2D eigenvalue weighted by Crippen LogP contribution is -2.24. The number of hydrogen-bond donors (Lipinski definition) is 1. The number of nitrogens with zero attached hydrogens (tertiary/aromatic N) is 1. The van der Waals surface area contributed by atoms with E-state index in [2.05, 4.69) is 4.98 Å².